The van der Waals surface area contributed by atoms with Crippen molar-refractivity contribution in [3.8, 4) is 0 Å². The van der Waals surface area contributed by atoms with E-state index in [1.807, 2.05) is 54.9 Å². The van der Waals surface area contributed by atoms with Crippen LogP contribution in [-0.2, 0) is 41.5 Å². The van der Waals surface area contributed by atoms with E-state index in [4.69, 9.17) is 0 Å². The minimum Gasteiger partial charge on any atom is -0.478 e. The van der Waals surface area contributed by atoms with Crippen LogP contribution in [0.4, 0.5) is 5.69 Å². The number of nitrogens with zero attached hydrogens (tertiary/aromatic N) is 5. The fourth-order valence-electron chi connectivity index (χ4n) is 5.70. The number of aromatic carboxylic acids is 1. The Morgan fingerprint density at radius 1 is 0.705 bits per heavy atom. The van der Waals surface area contributed by atoms with Crippen LogP contribution >= 0.6 is 0 Å². The smallest absolute Gasteiger partial charge is 0.335 e. The van der Waals surface area contributed by atoms with Crippen molar-refractivity contribution in [2.24, 2.45) is 0 Å². The Morgan fingerprint density at radius 3 is 1.59 bits per heavy atom. The number of carboxylic acid groups (broad SMARTS) is 1. The van der Waals surface area contributed by atoms with Gasteiger partial charge < -0.3 is 17.8 Å². The van der Waals surface area contributed by atoms with Gasteiger partial charge in [-0.3, -0.25) is 29.5 Å². The standard InChI is InChI=1S/C33H36N6O3.CH3.Fe/c40-32(37-26-16-14-25(15-17-26)33(41)42)24-39(23-29-11-5-8-20-36-29)31-13-2-1-12-30(31)38(21-27-9-3-6-18-34-27)22-28-10-4-7-19-35-28;;/h3-11,14-20,30-31H,1-2,12-13,21-24H2,(H,37,40)(H,41,42);1H3;/q;-1;/t30?,31-;;/m0../s1. The van der Waals surface area contributed by atoms with Crippen molar-refractivity contribution in [3.05, 3.63) is 128 Å². The van der Waals surface area contributed by atoms with Crippen LogP contribution in [0.15, 0.2) is 97.5 Å². The third-order valence-electron chi connectivity index (χ3n) is 7.67. The normalized spacial score (nSPS) is 16.0. The van der Waals surface area contributed by atoms with Gasteiger partial charge in [0.15, 0.2) is 0 Å². The minimum absolute atomic E-state index is 0. The molecule has 0 bridgehead atoms. The van der Waals surface area contributed by atoms with E-state index in [2.05, 4.69) is 42.2 Å². The van der Waals surface area contributed by atoms with Crippen LogP contribution in [0.1, 0.15) is 53.1 Å². The molecule has 4 aromatic rings. The quantitative estimate of drug-likeness (QED) is 0.156. The molecular formula is C34H39FeN6O3-. The van der Waals surface area contributed by atoms with Gasteiger partial charge in [0.1, 0.15) is 0 Å². The first-order valence-electron chi connectivity index (χ1n) is 14.4. The van der Waals surface area contributed by atoms with Gasteiger partial charge in [0.25, 0.3) is 0 Å². The number of rotatable bonds is 12. The van der Waals surface area contributed by atoms with Gasteiger partial charge in [0.2, 0.25) is 5.91 Å². The Kier molecular flexibility index (Phi) is 13.6. The molecule has 1 fully saturated rings. The first-order chi connectivity index (χ1) is 20.5. The summed E-state index contributed by atoms with van der Waals surface area (Å²) in [6, 6.07) is 24.4. The number of nitrogens with one attached hydrogen (secondary N) is 1. The van der Waals surface area contributed by atoms with E-state index in [0.717, 1.165) is 42.8 Å². The summed E-state index contributed by atoms with van der Waals surface area (Å²) in [7, 11) is 0. The molecule has 0 radical (unpaired) electrons. The number of benzene rings is 1. The summed E-state index contributed by atoms with van der Waals surface area (Å²) in [5, 5.41) is 12.2. The minimum atomic E-state index is -1.00. The summed E-state index contributed by atoms with van der Waals surface area (Å²) < 4.78 is 0. The Labute approximate surface area is 270 Å². The number of hydrogen-bond acceptors (Lipinski definition) is 7. The van der Waals surface area contributed by atoms with Crippen molar-refractivity contribution in [2.75, 3.05) is 11.9 Å². The number of carbonyl (C=O) groups is 2. The number of carbonyl (C=O) groups excluding carboxylic acids is 1. The predicted molar refractivity (Wildman–Crippen MR) is 167 cm³/mol. The number of pyridine rings is 3. The topological polar surface area (TPSA) is 112 Å². The molecule has 0 saturated heterocycles. The van der Waals surface area contributed by atoms with Crippen molar-refractivity contribution in [1.82, 2.24) is 24.8 Å². The fourth-order valence-corrected chi connectivity index (χ4v) is 5.70. The summed E-state index contributed by atoms with van der Waals surface area (Å²) in [6.45, 7) is 2.07. The maximum atomic E-state index is 13.4. The van der Waals surface area contributed by atoms with Gasteiger partial charge in [-0.05, 0) is 73.5 Å². The third-order valence-corrected chi connectivity index (χ3v) is 7.67. The maximum absolute atomic E-state index is 13.4. The first-order valence-corrected chi connectivity index (χ1v) is 14.4. The summed E-state index contributed by atoms with van der Waals surface area (Å²) in [5.74, 6) is -1.15. The van der Waals surface area contributed by atoms with E-state index >= 15 is 0 Å². The molecule has 1 aliphatic carbocycles. The van der Waals surface area contributed by atoms with E-state index in [-0.39, 0.29) is 54.6 Å². The number of hydrogen-bond donors (Lipinski definition) is 2. The van der Waals surface area contributed by atoms with Gasteiger partial charge in [-0.15, -0.1) is 0 Å². The molecule has 1 amide bonds. The van der Waals surface area contributed by atoms with E-state index in [0.29, 0.717) is 25.3 Å². The summed E-state index contributed by atoms with van der Waals surface area (Å²) in [5.41, 5.74) is 3.64. The van der Waals surface area contributed by atoms with E-state index in [1.54, 1.807) is 18.3 Å². The molecule has 2 atom stereocenters. The molecule has 1 unspecified atom stereocenters. The molecule has 1 aromatic carbocycles. The molecule has 3 heterocycles. The van der Waals surface area contributed by atoms with Gasteiger partial charge >= 0.3 is 5.97 Å². The van der Waals surface area contributed by atoms with Crippen LogP contribution in [0.3, 0.4) is 0 Å². The molecule has 3 aromatic heterocycles. The number of aromatic nitrogens is 3. The van der Waals surface area contributed by atoms with Crippen molar-refractivity contribution in [3.63, 3.8) is 0 Å². The zero-order chi connectivity index (χ0) is 29.1. The molecule has 1 aliphatic rings. The SMILES string of the molecule is O=C(CN(Cc1ccccn1)[C@H]1CCCCC1N(Cc1ccccn1)Cc1ccccn1)Nc1ccc(C(=O)O)cc1.[CH3-].[Fe]. The van der Waals surface area contributed by atoms with Gasteiger partial charge in [0.05, 0.1) is 29.2 Å². The van der Waals surface area contributed by atoms with E-state index in [1.165, 1.54) is 12.1 Å². The van der Waals surface area contributed by atoms with Crippen molar-refractivity contribution >= 4 is 17.6 Å². The van der Waals surface area contributed by atoms with Crippen LogP contribution in [0.5, 0.6) is 0 Å². The second-order valence-electron chi connectivity index (χ2n) is 10.6. The average molecular weight is 636 g/mol. The first kappa shape index (κ1) is 34.5. The Balaban J connectivity index is 0.00000264. The number of amides is 1. The van der Waals surface area contributed by atoms with Gasteiger partial charge in [-0.2, -0.15) is 0 Å². The molecule has 9 nitrogen and oxygen atoms in total. The van der Waals surface area contributed by atoms with Crippen molar-refractivity contribution in [1.29, 1.82) is 0 Å². The zero-order valence-electron chi connectivity index (χ0n) is 24.9. The van der Waals surface area contributed by atoms with Crippen LogP contribution < -0.4 is 5.32 Å². The van der Waals surface area contributed by atoms with Crippen LogP contribution in [-0.4, -0.2) is 60.4 Å². The van der Waals surface area contributed by atoms with Gasteiger partial charge in [-0.1, -0.05) is 31.0 Å². The van der Waals surface area contributed by atoms with Gasteiger partial charge in [-0.25, -0.2) is 4.79 Å². The Hall–Kier alpha value is -3.95. The molecular weight excluding hydrogens is 596 g/mol. The molecule has 0 aliphatic heterocycles. The zero-order valence-corrected chi connectivity index (χ0v) is 26.0. The van der Waals surface area contributed by atoms with Crippen molar-refractivity contribution < 1.29 is 31.8 Å². The largest absolute Gasteiger partial charge is 0.478 e. The van der Waals surface area contributed by atoms with Crippen LogP contribution in [0, 0.1) is 7.43 Å². The maximum Gasteiger partial charge on any atom is 0.335 e. The molecule has 5 rings (SSSR count). The van der Waals surface area contributed by atoms with Crippen molar-refractivity contribution in [2.45, 2.75) is 57.4 Å². The summed E-state index contributed by atoms with van der Waals surface area (Å²) in [6.07, 6.45) is 9.59. The molecule has 1 saturated carbocycles. The Morgan fingerprint density at radius 2 is 1.16 bits per heavy atom. The Bertz CT molecular complexity index is 1390. The van der Waals surface area contributed by atoms with Gasteiger partial charge in [0, 0.05) is 73.1 Å². The number of anilines is 1. The van der Waals surface area contributed by atoms with E-state index < -0.39 is 5.97 Å². The predicted octanol–water partition coefficient (Wildman–Crippen LogP) is 5.47. The molecule has 0 spiro atoms. The second-order valence-corrected chi connectivity index (χ2v) is 10.6. The molecule has 10 heteroatoms. The summed E-state index contributed by atoms with van der Waals surface area (Å²) >= 11 is 0. The summed E-state index contributed by atoms with van der Waals surface area (Å²) in [4.78, 5) is 43.2. The van der Waals surface area contributed by atoms with E-state index in [9.17, 15) is 14.7 Å². The fraction of sp³-hybridized carbons (Fsp3) is 0.294. The monoisotopic (exact) mass is 635 g/mol. The number of carboxylic acids is 1. The van der Waals surface area contributed by atoms with Crippen LogP contribution in [0.25, 0.3) is 0 Å². The second kappa shape index (κ2) is 17.4. The average Bonchev–Trinajstić information content (AvgIpc) is 3.02. The van der Waals surface area contributed by atoms with Crippen LogP contribution in [0.2, 0.25) is 0 Å². The molecule has 44 heavy (non-hydrogen) atoms. The molecule has 2 N–H and O–H groups in total. The third kappa shape index (κ3) is 9.79. The molecule has 232 valence electrons.